The molecule has 0 saturated carbocycles. The first-order valence-corrected chi connectivity index (χ1v) is 7.60. The van der Waals surface area contributed by atoms with Crippen molar-refractivity contribution in [2.45, 2.75) is 6.92 Å². The Morgan fingerprint density at radius 3 is 2.62 bits per heavy atom. The van der Waals surface area contributed by atoms with E-state index in [0.29, 0.717) is 16.5 Å². The fourth-order valence-electron chi connectivity index (χ4n) is 1.84. The average molecular weight is 369 g/mol. The monoisotopic (exact) mass is 368 g/mol. The van der Waals surface area contributed by atoms with Crippen molar-refractivity contribution in [1.82, 2.24) is 4.98 Å². The first kappa shape index (κ1) is 18.0. The van der Waals surface area contributed by atoms with Crippen LogP contribution in [0.2, 0.25) is 10.0 Å². The van der Waals surface area contributed by atoms with Crippen molar-refractivity contribution in [3.63, 3.8) is 0 Å². The summed E-state index contributed by atoms with van der Waals surface area (Å²) in [6.45, 7) is 1.19. The molecule has 1 aromatic carbocycles. The van der Waals surface area contributed by atoms with E-state index < -0.39 is 18.5 Å². The van der Waals surface area contributed by atoms with E-state index in [1.54, 1.807) is 31.2 Å². The molecule has 1 amide bonds. The Hall–Kier alpha value is -2.31. The minimum absolute atomic E-state index is 0.150. The van der Waals surface area contributed by atoms with Crippen molar-refractivity contribution in [2.24, 2.45) is 0 Å². The van der Waals surface area contributed by atoms with Crippen LogP contribution in [-0.2, 0) is 9.53 Å². The smallest absolute Gasteiger partial charge is 0.342 e. The van der Waals surface area contributed by atoms with Gasteiger partial charge < -0.3 is 14.8 Å². The number of carbonyl (C=O) groups excluding carboxylic acids is 2. The van der Waals surface area contributed by atoms with E-state index in [1.165, 1.54) is 13.2 Å². The lowest BCUT2D eigenvalue weighted by molar-refractivity contribution is -0.119. The number of methoxy groups -OCH3 is 1. The highest BCUT2D eigenvalue weighted by Gasteiger charge is 2.16. The third-order valence-electron chi connectivity index (χ3n) is 3.02. The largest absolute Gasteiger partial charge is 0.496 e. The van der Waals surface area contributed by atoms with Gasteiger partial charge in [0.1, 0.15) is 11.3 Å². The van der Waals surface area contributed by atoms with Gasteiger partial charge >= 0.3 is 5.97 Å². The fraction of sp³-hybridized carbons (Fsp3) is 0.188. The molecule has 0 aliphatic carbocycles. The highest BCUT2D eigenvalue weighted by Crippen LogP contribution is 2.25. The zero-order valence-electron chi connectivity index (χ0n) is 12.9. The Bertz CT molecular complexity index is 781. The van der Waals surface area contributed by atoms with E-state index in [-0.39, 0.29) is 16.4 Å². The number of pyridine rings is 1. The van der Waals surface area contributed by atoms with Crippen LogP contribution in [0.5, 0.6) is 5.75 Å². The van der Waals surface area contributed by atoms with Crippen molar-refractivity contribution in [3.8, 4) is 5.75 Å². The van der Waals surface area contributed by atoms with Gasteiger partial charge in [0.05, 0.1) is 22.8 Å². The van der Waals surface area contributed by atoms with Crippen LogP contribution >= 0.6 is 23.2 Å². The maximum absolute atomic E-state index is 12.0. The SMILES string of the molecule is COc1ccccc1C(=O)OCC(=O)Nc1nc(C)c(Cl)cc1Cl. The number of ether oxygens (including phenoxy) is 2. The summed E-state index contributed by atoms with van der Waals surface area (Å²) in [7, 11) is 1.44. The molecule has 0 bridgehead atoms. The van der Waals surface area contributed by atoms with Crippen LogP contribution in [0.3, 0.4) is 0 Å². The van der Waals surface area contributed by atoms with E-state index in [0.717, 1.165) is 0 Å². The third kappa shape index (κ3) is 4.37. The zero-order chi connectivity index (χ0) is 17.7. The number of aryl methyl sites for hydroxylation is 1. The molecule has 1 aromatic heterocycles. The van der Waals surface area contributed by atoms with E-state index in [2.05, 4.69) is 10.3 Å². The Balaban J connectivity index is 1.98. The van der Waals surface area contributed by atoms with E-state index in [1.807, 2.05) is 0 Å². The average Bonchev–Trinajstić information content (AvgIpc) is 2.57. The number of rotatable bonds is 5. The lowest BCUT2D eigenvalue weighted by atomic mass is 10.2. The number of aromatic nitrogens is 1. The van der Waals surface area contributed by atoms with Crippen LogP contribution in [0.25, 0.3) is 0 Å². The highest BCUT2D eigenvalue weighted by molar-refractivity contribution is 6.36. The van der Waals surface area contributed by atoms with Crippen molar-refractivity contribution in [1.29, 1.82) is 0 Å². The van der Waals surface area contributed by atoms with E-state index in [4.69, 9.17) is 32.7 Å². The first-order chi connectivity index (χ1) is 11.4. The van der Waals surface area contributed by atoms with Gasteiger partial charge in [-0.2, -0.15) is 0 Å². The molecule has 2 rings (SSSR count). The summed E-state index contributed by atoms with van der Waals surface area (Å²) < 4.78 is 10.0. The molecule has 0 atom stereocenters. The molecule has 0 spiro atoms. The molecule has 0 fully saturated rings. The van der Waals surface area contributed by atoms with Crippen LogP contribution in [0, 0.1) is 6.92 Å². The maximum atomic E-state index is 12.0. The Labute approximate surface area is 148 Å². The summed E-state index contributed by atoms with van der Waals surface area (Å²) in [6.07, 6.45) is 0. The Kier molecular flexibility index (Phi) is 6.00. The number of nitrogens with one attached hydrogen (secondary N) is 1. The third-order valence-corrected chi connectivity index (χ3v) is 3.69. The fourth-order valence-corrected chi connectivity index (χ4v) is 2.24. The van der Waals surface area contributed by atoms with Gasteiger partial charge in [0.15, 0.2) is 12.4 Å². The topological polar surface area (TPSA) is 77.5 Å². The van der Waals surface area contributed by atoms with Crippen LogP contribution in [-0.4, -0.2) is 30.6 Å². The van der Waals surface area contributed by atoms with Crippen molar-refractivity contribution >= 4 is 40.9 Å². The maximum Gasteiger partial charge on any atom is 0.342 e. The molecule has 6 nitrogen and oxygen atoms in total. The predicted octanol–water partition coefficient (Wildman–Crippen LogP) is 3.50. The molecule has 0 saturated heterocycles. The standard InChI is InChI=1S/C16H14Cl2N2O4/c1-9-11(17)7-12(18)15(19-9)20-14(21)8-24-16(22)10-5-3-4-6-13(10)23-2/h3-7H,8H2,1-2H3,(H,19,20,21). The number of carbonyl (C=O) groups is 2. The lowest BCUT2D eigenvalue weighted by Gasteiger charge is -2.10. The first-order valence-electron chi connectivity index (χ1n) is 6.85. The number of hydrogen-bond acceptors (Lipinski definition) is 5. The second kappa shape index (κ2) is 7.99. The number of amides is 1. The number of anilines is 1. The van der Waals surface area contributed by atoms with Crippen molar-refractivity contribution in [2.75, 3.05) is 19.0 Å². The molecule has 1 N–H and O–H groups in total. The van der Waals surface area contributed by atoms with Gasteiger partial charge in [-0.25, -0.2) is 9.78 Å². The van der Waals surface area contributed by atoms with E-state index in [9.17, 15) is 9.59 Å². The molecule has 24 heavy (non-hydrogen) atoms. The van der Waals surface area contributed by atoms with Gasteiger partial charge in [0.25, 0.3) is 5.91 Å². The Morgan fingerprint density at radius 1 is 1.21 bits per heavy atom. The summed E-state index contributed by atoms with van der Waals surface area (Å²) in [5.41, 5.74) is 0.744. The van der Waals surface area contributed by atoms with Crippen LogP contribution in [0.4, 0.5) is 5.82 Å². The highest BCUT2D eigenvalue weighted by atomic mass is 35.5. The summed E-state index contributed by atoms with van der Waals surface area (Å²) in [4.78, 5) is 28.0. The van der Waals surface area contributed by atoms with Gasteiger partial charge in [-0.1, -0.05) is 35.3 Å². The lowest BCUT2D eigenvalue weighted by Crippen LogP contribution is -2.22. The molecule has 126 valence electrons. The molecule has 8 heteroatoms. The molecule has 0 aliphatic rings. The molecule has 0 aliphatic heterocycles. The van der Waals surface area contributed by atoms with Crippen molar-refractivity contribution in [3.05, 3.63) is 51.6 Å². The number of benzene rings is 1. The molecular weight excluding hydrogens is 355 g/mol. The molecule has 2 aromatic rings. The minimum atomic E-state index is -0.672. The van der Waals surface area contributed by atoms with Crippen LogP contribution in [0.1, 0.15) is 16.1 Å². The number of para-hydroxylation sites is 1. The second-order valence-electron chi connectivity index (χ2n) is 4.71. The van der Waals surface area contributed by atoms with Gasteiger partial charge in [-0.3, -0.25) is 4.79 Å². The quantitative estimate of drug-likeness (QED) is 0.817. The molecular formula is C16H14Cl2N2O4. The van der Waals surface area contributed by atoms with Crippen LogP contribution in [0.15, 0.2) is 30.3 Å². The summed E-state index contributed by atoms with van der Waals surface area (Å²) in [5, 5.41) is 3.04. The Morgan fingerprint density at radius 2 is 1.92 bits per heavy atom. The summed E-state index contributed by atoms with van der Waals surface area (Å²) >= 11 is 11.8. The second-order valence-corrected chi connectivity index (χ2v) is 5.53. The zero-order valence-corrected chi connectivity index (χ0v) is 14.4. The van der Waals surface area contributed by atoms with Gasteiger partial charge in [0, 0.05) is 0 Å². The predicted molar refractivity (Wildman–Crippen MR) is 90.9 cm³/mol. The van der Waals surface area contributed by atoms with Gasteiger partial charge in [-0.15, -0.1) is 0 Å². The molecule has 1 heterocycles. The van der Waals surface area contributed by atoms with Crippen LogP contribution < -0.4 is 10.1 Å². The number of halogens is 2. The number of esters is 1. The van der Waals surface area contributed by atoms with Gasteiger partial charge in [-0.05, 0) is 25.1 Å². The summed E-state index contributed by atoms with van der Waals surface area (Å²) in [6, 6.07) is 8.02. The summed E-state index contributed by atoms with van der Waals surface area (Å²) in [5.74, 6) is -0.735. The molecule has 0 radical (unpaired) electrons. The molecule has 0 unspecified atom stereocenters. The number of hydrogen-bond donors (Lipinski definition) is 1. The number of nitrogens with zero attached hydrogens (tertiary/aromatic N) is 1. The van der Waals surface area contributed by atoms with E-state index >= 15 is 0 Å². The van der Waals surface area contributed by atoms with Crippen molar-refractivity contribution < 1.29 is 19.1 Å². The van der Waals surface area contributed by atoms with Gasteiger partial charge in [0.2, 0.25) is 0 Å². The minimum Gasteiger partial charge on any atom is -0.496 e. The normalized spacial score (nSPS) is 10.2.